The van der Waals surface area contributed by atoms with Crippen LogP contribution in [0.1, 0.15) is 61.3 Å². The average molecular weight is 328 g/mol. The predicted octanol–water partition coefficient (Wildman–Crippen LogP) is 2.18. The highest BCUT2D eigenvalue weighted by Gasteiger charge is 2.34. The van der Waals surface area contributed by atoms with Gasteiger partial charge in [-0.15, -0.1) is 0 Å². The van der Waals surface area contributed by atoms with Gasteiger partial charge in [-0.1, -0.05) is 48.5 Å². The van der Waals surface area contributed by atoms with Crippen molar-refractivity contribution in [2.24, 2.45) is 17.3 Å². The molecule has 0 spiro atoms. The zero-order valence-corrected chi connectivity index (χ0v) is 15.4. The Morgan fingerprint density at radius 1 is 0.957 bits per heavy atom. The summed E-state index contributed by atoms with van der Waals surface area (Å²) < 4.78 is 0. The van der Waals surface area contributed by atoms with E-state index in [1.807, 2.05) is 27.7 Å². The first-order valence-corrected chi connectivity index (χ1v) is 8.17. The molecule has 2 amide bonds. The van der Waals surface area contributed by atoms with Gasteiger partial charge in [-0.3, -0.25) is 9.59 Å². The second kappa shape index (κ2) is 8.89. The number of carbonyl (C=O) groups excluding carboxylic acids is 2. The van der Waals surface area contributed by atoms with Crippen molar-refractivity contribution >= 4 is 17.8 Å². The Morgan fingerprint density at radius 2 is 1.48 bits per heavy atom. The van der Waals surface area contributed by atoms with Gasteiger partial charge in [0.2, 0.25) is 11.8 Å². The van der Waals surface area contributed by atoms with Gasteiger partial charge >= 0.3 is 5.97 Å². The fourth-order valence-corrected chi connectivity index (χ4v) is 2.22. The van der Waals surface area contributed by atoms with Gasteiger partial charge in [-0.05, 0) is 23.7 Å². The van der Waals surface area contributed by atoms with Crippen LogP contribution < -0.4 is 10.6 Å². The molecule has 0 aliphatic carbocycles. The van der Waals surface area contributed by atoms with Gasteiger partial charge in [0.25, 0.3) is 0 Å². The summed E-state index contributed by atoms with van der Waals surface area (Å²) in [6.45, 7) is 13.0. The minimum absolute atomic E-state index is 0.191. The third-order valence-electron chi connectivity index (χ3n) is 3.35. The second-order valence-corrected chi connectivity index (χ2v) is 7.99. The minimum Gasteiger partial charge on any atom is -0.480 e. The van der Waals surface area contributed by atoms with E-state index in [9.17, 15) is 19.5 Å². The lowest BCUT2D eigenvalue weighted by Gasteiger charge is -2.30. The van der Waals surface area contributed by atoms with Crippen molar-refractivity contribution in [3.8, 4) is 0 Å². The van der Waals surface area contributed by atoms with Gasteiger partial charge in [0.1, 0.15) is 12.1 Å². The Hall–Kier alpha value is -1.59. The number of carbonyl (C=O) groups is 3. The zero-order chi connectivity index (χ0) is 18.4. The van der Waals surface area contributed by atoms with E-state index in [0.717, 1.165) is 0 Å². The average Bonchev–Trinajstić information content (AvgIpc) is 2.31. The lowest BCUT2D eigenvalue weighted by molar-refractivity contribution is -0.145. The molecule has 0 saturated heterocycles. The normalized spacial score (nSPS) is 14.5. The monoisotopic (exact) mass is 328 g/mol. The summed E-state index contributed by atoms with van der Waals surface area (Å²) in [6, 6.07) is -1.72. The Kier molecular flexibility index (Phi) is 8.28. The van der Waals surface area contributed by atoms with Crippen LogP contribution in [0.25, 0.3) is 0 Å². The van der Waals surface area contributed by atoms with Crippen molar-refractivity contribution in [2.45, 2.75) is 73.4 Å². The summed E-state index contributed by atoms with van der Waals surface area (Å²) in [5.41, 5.74) is -0.619. The molecule has 0 aromatic heterocycles. The highest BCUT2D eigenvalue weighted by atomic mass is 16.4. The number of aliphatic carboxylic acids is 1. The molecule has 0 saturated carbocycles. The van der Waals surface area contributed by atoms with Gasteiger partial charge in [-0.25, -0.2) is 4.79 Å². The highest BCUT2D eigenvalue weighted by Crippen LogP contribution is 2.20. The third-order valence-corrected chi connectivity index (χ3v) is 3.35. The van der Waals surface area contributed by atoms with Crippen molar-refractivity contribution in [3.63, 3.8) is 0 Å². The first-order valence-electron chi connectivity index (χ1n) is 8.17. The predicted molar refractivity (Wildman–Crippen MR) is 89.9 cm³/mol. The highest BCUT2D eigenvalue weighted by molar-refractivity contribution is 5.90. The molecule has 0 rings (SSSR count). The summed E-state index contributed by atoms with van der Waals surface area (Å²) in [4.78, 5) is 35.8. The standard InChI is InChI=1S/C17H32N2O4/c1-10(2)8-12(18-13(20)9-11(3)4)15(21)19-14(16(22)23)17(5,6)7/h10-12,14H,8-9H2,1-7H3,(H,18,20)(H,19,21)(H,22,23)/t12-,14+/m0/s1. The van der Waals surface area contributed by atoms with Gasteiger partial charge in [0.05, 0.1) is 0 Å². The van der Waals surface area contributed by atoms with Crippen LogP contribution in [0.4, 0.5) is 0 Å². The third kappa shape index (κ3) is 8.57. The van der Waals surface area contributed by atoms with Crippen LogP contribution in [-0.4, -0.2) is 35.0 Å². The number of carboxylic acids is 1. The molecular weight excluding hydrogens is 296 g/mol. The smallest absolute Gasteiger partial charge is 0.326 e. The van der Waals surface area contributed by atoms with Crippen molar-refractivity contribution in [3.05, 3.63) is 0 Å². The second-order valence-electron chi connectivity index (χ2n) is 7.99. The van der Waals surface area contributed by atoms with E-state index in [2.05, 4.69) is 10.6 Å². The fraction of sp³-hybridized carbons (Fsp3) is 0.824. The van der Waals surface area contributed by atoms with E-state index in [1.165, 1.54) is 0 Å². The maximum Gasteiger partial charge on any atom is 0.326 e. The van der Waals surface area contributed by atoms with E-state index >= 15 is 0 Å². The summed E-state index contributed by atoms with van der Waals surface area (Å²) in [6.07, 6.45) is 0.801. The molecule has 23 heavy (non-hydrogen) atoms. The van der Waals surface area contributed by atoms with Crippen LogP contribution in [0, 0.1) is 17.3 Å². The van der Waals surface area contributed by atoms with Gasteiger partial charge in [0.15, 0.2) is 0 Å². The molecule has 0 radical (unpaired) electrons. The first kappa shape index (κ1) is 21.4. The Bertz CT molecular complexity index is 425. The van der Waals surface area contributed by atoms with Crippen LogP contribution >= 0.6 is 0 Å². The van der Waals surface area contributed by atoms with Crippen LogP contribution in [0.2, 0.25) is 0 Å². The number of hydrogen-bond donors (Lipinski definition) is 3. The van der Waals surface area contributed by atoms with Gasteiger partial charge < -0.3 is 15.7 Å². The summed E-state index contributed by atoms with van der Waals surface area (Å²) in [5.74, 6) is -1.33. The Balaban J connectivity index is 5.06. The molecule has 2 atom stereocenters. The molecule has 0 aromatic rings. The minimum atomic E-state index is -1.08. The summed E-state index contributed by atoms with van der Waals surface area (Å²) in [7, 11) is 0. The summed E-state index contributed by atoms with van der Waals surface area (Å²) >= 11 is 0. The molecule has 0 heterocycles. The molecular formula is C17H32N2O4. The molecule has 0 aromatic carbocycles. The lowest BCUT2D eigenvalue weighted by Crippen LogP contribution is -2.55. The zero-order valence-electron chi connectivity index (χ0n) is 15.4. The molecule has 3 N–H and O–H groups in total. The topological polar surface area (TPSA) is 95.5 Å². The van der Waals surface area contributed by atoms with Crippen molar-refractivity contribution in [2.75, 3.05) is 0 Å². The number of amides is 2. The van der Waals surface area contributed by atoms with Crippen LogP contribution in [-0.2, 0) is 14.4 Å². The van der Waals surface area contributed by atoms with Crippen LogP contribution in [0.5, 0.6) is 0 Å². The van der Waals surface area contributed by atoms with Crippen molar-refractivity contribution < 1.29 is 19.5 Å². The number of hydrogen-bond acceptors (Lipinski definition) is 3. The molecule has 0 aliphatic heterocycles. The van der Waals surface area contributed by atoms with Gasteiger partial charge in [0, 0.05) is 6.42 Å². The van der Waals surface area contributed by atoms with Crippen LogP contribution in [0.15, 0.2) is 0 Å². The summed E-state index contributed by atoms with van der Waals surface area (Å²) in [5, 5.41) is 14.6. The van der Waals surface area contributed by atoms with E-state index < -0.39 is 29.4 Å². The maximum atomic E-state index is 12.5. The largest absolute Gasteiger partial charge is 0.480 e. The molecule has 0 aliphatic rings. The molecule has 0 fully saturated rings. The molecule has 6 heteroatoms. The molecule has 6 nitrogen and oxygen atoms in total. The first-order chi connectivity index (χ1) is 10.3. The number of rotatable bonds is 8. The SMILES string of the molecule is CC(C)CC(=O)N[C@@H](CC(C)C)C(=O)N[C@H](C(=O)O)C(C)(C)C. The maximum absolute atomic E-state index is 12.5. The molecule has 0 bridgehead atoms. The Labute approximate surface area is 139 Å². The van der Waals surface area contributed by atoms with E-state index in [0.29, 0.717) is 12.8 Å². The van der Waals surface area contributed by atoms with Crippen molar-refractivity contribution in [1.82, 2.24) is 10.6 Å². The Morgan fingerprint density at radius 3 is 1.83 bits per heavy atom. The van der Waals surface area contributed by atoms with Gasteiger partial charge in [-0.2, -0.15) is 0 Å². The molecule has 0 unspecified atom stereocenters. The van der Waals surface area contributed by atoms with Crippen molar-refractivity contribution in [1.29, 1.82) is 0 Å². The fourth-order valence-electron chi connectivity index (χ4n) is 2.22. The van der Waals surface area contributed by atoms with E-state index in [4.69, 9.17) is 0 Å². The number of carboxylic acid groups (broad SMARTS) is 1. The molecule has 134 valence electrons. The van der Waals surface area contributed by atoms with E-state index in [-0.39, 0.29) is 17.7 Å². The lowest BCUT2D eigenvalue weighted by atomic mass is 9.86. The van der Waals surface area contributed by atoms with E-state index in [1.54, 1.807) is 20.8 Å². The quantitative estimate of drug-likeness (QED) is 0.636. The number of nitrogens with one attached hydrogen (secondary N) is 2. The van der Waals surface area contributed by atoms with Crippen LogP contribution in [0.3, 0.4) is 0 Å².